The lowest BCUT2D eigenvalue weighted by Gasteiger charge is -2.20. The maximum Gasteiger partial charge on any atom is 0.329 e. The highest BCUT2D eigenvalue weighted by molar-refractivity contribution is 6.30. The van der Waals surface area contributed by atoms with Crippen molar-refractivity contribution in [1.29, 1.82) is 0 Å². The van der Waals surface area contributed by atoms with Crippen molar-refractivity contribution in [3.63, 3.8) is 0 Å². The zero-order valence-electron chi connectivity index (χ0n) is 16.0. The molecule has 0 aliphatic carbocycles. The van der Waals surface area contributed by atoms with Crippen molar-refractivity contribution in [2.24, 2.45) is 7.05 Å². The van der Waals surface area contributed by atoms with E-state index in [0.717, 1.165) is 5.56 Å². The fourth-order valence-electron chi connectivity index (χ4n) is 3.57. The summed E-state index contributed by atoms with van der Waals surface area (Å²) < 4.78 is 1.44. The van der Waals surface area contributed by atoms with Crippen LogP contribution in [0.4, 0.5) is 11.5 Å². The second-order valence-corrected chi connectivity index (χ2v) is 7.50. The predicted octanol–water partition coefficient (Wildman–Crippen LogP) is 2.37. The van der Waals surface area contributed by atoms with Crippen LogP contribution in [0.15, 0.2) is 58.1 Å². The zero-order chi connectivity index (χ0) is 20.7. The molecule has 0 saturated carbocycles. The van der Waals surface area contributed by atoms with Crippen molar-refractivity contribution >= 4 is 28.9 Å². The molecule has 148 valence electrons. The molecule has 0 bridgehead atoms. The molecule has 0 radical (unpaired) electrons. The maximum absolute atomic E-state index is 12.6. The number of aromatic nitrogens is 2. The number of anilines is 2. The van der Waals surface area contributed by atoms with Crippen LogP contribution in [0.2, 0.25) is 5.02 Å². The van der Waals surface area contributed by atoms with Crippen molar-refractivity contribution in [3.05, 3.63) is 91.1 Å². The number of ketones is 1. The molecule has 29 heavy (non-hydrogen) atoms. The number of H-pyrrole nitrogens is 1. The highest BCUT2D eigenvalue weighted by Gasteiger charge is 2.29. The van der Waals surface area contributed by atoms with Gasteiger partial charge in [0.05, 0.1) is 6.67 Å². The van der Waals surface area contributed by atoms with Gasteiger partial charge in [0.2, 0.25) is 0 Å². The molecule has 0 atom stereocenters. The third-order valence-corrected chi connectivity index (χ3v) is 5.28. The fourth-order valence-corrected chi connectivity index (χ4v) is 3.70. The van der Waals surface area contributed by atoms with Gasteiger partial charge in [-0.25, -0.2) is 4.79 Å². The molecule has 3 aromatic rings. The smallest absolute Gasteiger partial charge is 0.329 e. The van der Waals surface area contributed by atoms with Crippen LogP contribution in [0, 0.1) is 0 Å². The third-order valence-electron chi connectivity index (χ3n) is 5.03. The van der Waals surface area contributed by atoms with Crippen LogP contribution in [0.1, 0.15) is 21.5 Å². The van der Waals surface area contributed by atoms with Crippen LogP contribution in [0.5, 0.6) is 0 Å². The summed E-state index contributed by atoms with van der Waals surface area (Å²) in [6.07, 6.45) is 0. The maximum atomic E-state index is 12.6. The van der Waals surface area contributed by atoms with Gasteiger partial charge in [0.1, 0.15) is 11.5 Å². The van der Waals surface area contributed by atoms with Gasteiger partial charge in [-0.2, -0.15) is 0 Å². The molecule has 1 aliphatic heterocycles. The number of carbonyl (C=O) groups is 1. The Bertz CT molecular complexity index is 1200. The van der Waals surface area contributed by atoms with E-state index in [2.05, 4.69) is 4.98 Å². The van der Waals surface area contributed by atoms with Gasteiger partial charge in [-0.05, 0) is 29.8 Å². The van der Waals surface area contributed by atoms with Gasteiger partial charge in [-0.3, -0.25) is 19.1 Å². The summed E-state index contributed by atoms with van der Waals surface area (Å²) in [6.45, 7) is 0.991. The van der Waals surface area contributed by atoms with Crippen molar-refractivity contribution in [2.75, 3.05) is 23.5 Å². The molecular weight excluding hydrogens is 392 g/mol. The second kappa shape index (κ2) is 7.25. The molecule has 4 rings (SSSR count). The largest absolute Gasteiger partial charge is 0.349 e. The molecular formula is C21H19ClN4O3. The zero-order valence-corrected chi connectivity index (χ0v) is 16.7. The number of rotatable bonds is 4. The number of hydrogen-bond acceptors (Lipinski definition) is 5. The van der Waals surface area contributed by atoms with Gasteiger partial charge in [0, 0.05) is 36.8 Å². The van der Waals surface area contributed by atoms with E-state index in [1.807, 2.05) is 29.0 Å². The Labute approximate surface area is 171 Å². The van der Waals surface area contributed by atoms with Crippen LogP contribution < -0.4 is 21.0 Å². The van der Waals surface area contributed by atoms with Gasteiger partial charge in [0.25, 0.3) is 5.56 Å². The predicted molar refractivity (Wildman–Crippen MR) is 113 cm³/mol. The molecule has 1 N–H and O–H groups in total. The van der Waals surface area contributed by atoms with Gasteiger partial charge >= 0.3 is 5.69 Å². The Kier molecular flexibility index (Phi) is 4.76. The van der Waals surface area contributed by atoms with Gasteiger partial charge in [0.15, 0.2) is 5.78 Å². The molecule has 0 saturated heterocycles. The molecule has 0 amide bonds. The van der Waals surface area contributed by atoms with E-state index < -0.39 is 11.2 Å². The number of benzene rings is 2. The molecule has 8 heteroatoms. The van der Waals surface area contributed by atoms with E-state index in [0.29, 0.717) is 40.9 Å². The first-order valence-electron chi connectivity index (χ1n) is 9.04. The van der Waals surface area contributed by atoms with Gasteiger partial charge in [-0.1, -0.05) is 35.9 Å². The lowest BCUT2D eigenvalue weighted by atomic mass is 10.0. The van der Waals surface area contributed by atoms with Gasteiger partial charge in [-0.15, -0.1) is 0 Å². The highest BCUT2D eigenvalue weighted by atomic mass is 35.5. The van der Waals surface area contributed by atoms with E-state index in [-0.39, 0.29) is 5.78 Å². The Morgan fingerprint density at radius 3 is 2.21 bits per heavy atom. The van der Waals surface area contributed by atoms with E-state index in [9.17, 15) is 14.4 Å². The number of hydrogen-bond donors (Lipinski definition) is 1. The summed E-state index contributed by atoms with van der Waals surface area (Å²) in [7, 11) is 3.45. The van der Waals surface area contributed by atoms with Crippen molar-refractivity contribution in [1.82, 2.24) is 9.55 Å². The lowest BCUT2D eigenvalue weighted by molar-refractivity contribution is 0.103. The molecule has 2 heterocycles. The number of fused-ring (bicyclic) bond motifs is 1. The molecule has 0 fully saturated rings. The first-order valence-corrected chi connectivity index (χ1v) is 9.41. The Balaban J connectivity index is 1.58. The van der Waals surface area contributed by atoms with Crippen LogP contribution in [0.25, 0.3) is 0 Å². The quantitative estimate of drug-likeness (QED) is 0.668. The van der Waals surface area contributed by atoms with Crippen LogP contribution in [-0.4, -0.2) is 29.1 Å². The Morgan fingerprint density at radius 1 is 1.00 bits per heavy atom. The van der Waals surface area contributed by atoms with Crippen LogP contribution in [-0.2, 0) is 13.6 Å². The first kappa shape index (κ1) is 19.0. The normalized spacial score (nSPS) is 12.9. The highest BCUT2D eigenvalue weighted by Crippen LogP contribution is 2.31. The fraction of sp³-hybridized carbons (Fsp3) is 0.190. The molecule has 0 spiro atoms. The second-order valence-electron chi connectivity index (χ2n) is 7.06. The lowest BCUT2D eigenvalue weighted by Crippen LogP contribution is -2.32. The molecule has 2 aromatic carbocycles. The Morgan fingerprint density at radius 2 is 1.59 bits per heavy atom. The summed E-state index contributed by atoms with van der Waals surface area (Å²) in [5.41, 5.74) is 1.76. The third kappa shape index (κ3) is 3.45. The van der Waals surface area contributed by atoms with Crippen molar-refractivity contribution < 1.29 is 4.79 Å². The SMILES string of the molecule is CN1CN(Cc2ccc(C(=O)c3ccc(Cl)cc3)cc2)c2c1c(=O)[nH]c(=O)n2C. The number of carbonyl (C=O) groups excluding carboxylic acids is 1. The minimum absolute atomic E-state index is 0.0756. The molecule has 7 nitrogen and oxygen atoms in total. The number of aromatic amines is 1. The minimum Gasteiger partial charge on any atom is -0.349 e. The van der Waals surface area contributed by atoms with Crippen molar-refractivity contribution in [3.8, 4) is 0 Å². The topological polar surface area (TPSA) is 78.4 Å². The summed E-state index contributed by atoms with van der Waals surface area (Å²) in [6, 6.07) is 14.1. The molecule has 1 aliphatic rings. The number of nitrogens with zero attached hydrogens (tertiary/aromatic N) is 3. The first-order chi connectivity index (χ1) is 13.8. The van der Waals surface area contributed by atoms with E-state index in [1.165, 1.54) is 4.57 Å². The summed E-state index contributed by atoms with van der Waals surface area (Å²) in [4.78, 5) is 42.9. The monoisotopic (exact) mass is 410 g/mol. The van der Waals surface area contributed by atoms with E-state index in [1.54, 1.807) is 43.4 Å². The molecule has 0 unspecified atom stereocenters. The summed E-state index contributed by atoms with van der Waals surface area (Å²) in [5.74, 6) is 0.510. The Hall–Kier alpha value is -3.32. The van der Waals surface area contributed by atoms with Crippen LogP contribution >= 0.6 is 11.6 Å². The molecule has 1 aromatic heterocycles. The average molecular weight is 411 g/mol. The van der Waals surface area contributed by atoms with E-state index >= 15 is 0 Å². The minimum atomic E-state index is -0.446. The van der Waals surface area contributed by atoms with Crippen LogP contribution in [0.3, 0.4) is 0 Å². The standard InChI is InChI=1S/C21H19ClN4O3/c1-24-12-26(20-17(24)19(28)23-21(29)25(20)2)11-13-3-5-14(6-4-13)18(27)15-7-9-16(22)10-8-15/h3-10H,11-12H2,1-2H3,(H,23,28,29). The number of halogens is 1. The van der Waals surface area contributed by atoms with Gasteiger partial charge < -0.3 is 9.80 Å². The summed E-state index contributed by atoms with van der Waals surface area (Å²) in [5, 5.41) is 0.584. The summed E-state index contributed by atoms with van der Waals surface area (Å²) >= 11 is 5.88. The van der Waals surface area contributed by atoms with E-state index in [4.69, 9.17) is 11.6 Å². The van der Waals surface area contributed by atoms with Crippen molar-refractivity contribution in [2.45, 2.75) is 6.54 Å². The average Bonchev–Trinajstić information content (AvgIpc) is 3.03. The number of nitrogens with one attached hydrogen (secondary N) is 1.